The zero-order valence-electron chi connectivity index (χ0n) is 25.5. The van der Waals surface area contributed by atoms with E-state index in [1.54, 1.807) is 19.1 Å². The molecule has 0 amide bonds. The topological polar surface area (TPSA) is 132 Å². The standard InChI is InChI=1S/C33H46O9/c1-17(2)29-21(6)26(34)15-32(42-29)14-24-13-23(41-32)11-10-19(4)27(35)18(3)8-7-9-22-16-39-30-28(36)20(5)12-25(31(37)40-24)33(22,30)38/h7-10,12,17-18,21,23-27,29-30,34-35,38H,11,13-16H2,1-6H3/b8-7+,19-10+,22-9+/t18-,21-,23+,24-,25-,26-,27-,29+,30?,32-,33+/m0/s1. The SMILES string of the molecule is CC1=C[C@H]2C(=O)O[C@H]3C[C@@H](C/C=C(\C)[C@@H](O)[C@@H](C)/C=C/C=C4\COC(C1=O)[C@@]42O)O[C@]1(C3)C[C@H](O)[C@H](C)[C@@H](C(C)C)O1. The van der Waals surface area contributed by atoms with E-state index in [4.69, 9.17) is 18.9 Å². The third-order valence-electron chi connectivity index (χ3n) is 9.85. The number of rotatable bonds is 1. The van der Waals surface area contributed by atoms with Gasteiger partial charge < -0.3 is 34.3 Å². The van der Waals surface area contributed by atoms with Gasteiger partial charge in [-0.15, -0.1) is 0 Å². The van der Waals surface area contributed by atoms with Gasteiger partial charge in [0.15, 0.2) is 17.7 Å². The highest BCUT2D eigenvalue weighted by atomic mass is 16.7. The number of aliphatic hydroxyl groups is 3. The molecule has 5 rings (SSSR count). The molecule has 0 aromatic heterocycles. The number of hydrogen-bond acceptors (Lipinski definition) is 9. The average Bonchev–Trinajstić information content (AvgIpc) is 3.27. The highest BCUT2D eigenvalue weighted by Crippen LogP contribution is 2.47. The van der Waals surface area contributed by atoms with Crippen LogP contribution in [-0.2, 0) is 28.5 Å². The molecule has 42 heavy (non-hydrogen) atoms. The smallest absolute Gasteiger partial charge is 0.316 e. The molecule has 0 aromatic rings. The molecule has 1 unspecified atom stereocenters. The minimum absolute atomic E-state index is 0.0129. The van der Waals surface area contributed by atoms with Crippen LogP contribution in [-0.4, -0.2) is 81.7 Å². The van der Waals surface area contributed by atoms with E-state index in [1.807, 2.05) is 46.8 Å². The normalized spacial score (nSPS) is 48.0. The molecule has 0 saturated carbocycles. The Morgan fingerprint density at radius 1 is 1.05 bits per heavy atom. The fourth-order valence-corrected chi connectivity index (χ4v) is 7.30. The van der Waals surface area contributed by atoms with Crippen molar-refractivity contribution in [3.63, 3.8) is 0 Å². The van der Waals surface area contributed by atoms with Crippen molar-refractivity contribution in [3.05, 3.63) is 47.1 Å². The van der Waals surface area contributed by atoms with Gasteiger partial charge in [-0.1, -0.05) is 58.1 Å². The maximum atomic E-state index is 13.9. The van der Waals surface area contributed by atoms with E-state index < -0.39 is 53.8 Å². The van der Waals surface area contributed by atoms with Gasteiger partial charge in [-0.05, 0) is 42.9 Å². The molecule has 5 aliphatic rings. The van der Waals surface area contributed by atoms with E-state index in [-0.39, 0.29) is 49.1 Å². The van der Waals surface area contributed by atoms with Crippen molar-refractivity contribution in [2.45, 2.75) is 115 Å². The van der Waals surface area contributed by atoms with E-state index in [9.17, 15) is 24.9 Å². The second-order valence-electron chi connectivity index (χ2n) is 13.4. The second kappa shape index (κ2) is 11.7. The molecule has 9 heteroatoms. The molecule has 1 spiro atoms. The first-order chi connectivity index (χ1) is 19.8. The molecule has 1 aliphatic carbocycles. The minimum atomic E-state index is -1.90. The van der Waals surface area contributed by atoms with Gasteiger partial charge in [0, 0.05) is 31.1 Å². The van der Waals surface area contributed by atoms with Gasteiger partial charge in [-0.3, -0.25) is 9.59 Å². The van der Waals surface area contributed by atoms with Crippen molar-refractivity contribution in [2.75, 3.05) is 6.61 Å². The molecular weight excluding hydrogens is 540 g/mol. The van der Waals surface area contributed by atoms with E-state index in [0.717, 1.165) is 5.57 Å². The maximum absolute atomic E-state index is 13.9. The summed E-state index contributed by atoms with van der Waals surface area (Å²) in [5.74, 6) is -3.54. The van der Waals surface area contributed by atoms with Gasteiger partial charge in [0.2, 0.25) is 0 Å². The summed E-state index contributed by atoms with van der Waals surface area (Å²) < 4.78 is 25.1. The quantitative estimate of drug-likeness (QED) is 0.313. The molecule has 0 aromatic carbocycles. The first-order valence-electron chi connectivity index (χ1n) is 15.3. The average molecular weight is 587 g/mol. The molecule has 4 heterocycles. The Balaban J connectivity index is 1.55. The van der Waals surface area contributed by atoms with Gasteiger partial charge in [0.05, 0.1) is 31.0 Å². The van der Waals surface area contributed by atoms with Crippen LogP contribution in [0.15, 0.2) is 47.1 Å². The zero-order chi connectivity index (χ0) is 30.6. The van der Waals surface area contributed by atoms with Crippen molar-refractivity contribution < 1.29 is 43.9 Å². The molecule has 3 saturated heterocycles. The molecule has 3 fully saturated rings. The predicted octanol–water partition coefficient (Wildman–Crippen LogP) is 3.32. The molecule has 9 nitrogen and oxygen atoms in total. The number of allylic oxidation sites excluding steroid dienone is 2. The van der Waals surface area contributed by atoms with Crippen molar-refractivity contribution in [3.8, 4) is 0 Å². The Labute approximate surface area is 248 Å². The summed E-state index contributed by atoms with van der Waals surface area (Å²) in [6.45, 7) is 11.4. The van der Waals surface area contributed by atoms with Crippen molar-refractivity contribution in [1.29, 1.82) is 0 Å². The third kappa shape index (κ3) is 5.60. The minimum Gasteiger partial charge on any atom is -0.462 e. The van der Waals surface area contributed by atoms with Gasteiger partial charge in [-0.2, -0.15) is 0 Å². The highest BCUT2D eigenvalue weighted by Gasteiger charge is 2.60. The van der Waals surface area contributed by atoms with Crippen molar-refractivity contribution in [1.82, 2.24) is 0 Å². The summed E-state index contributed by atoms with van der Waals surface area (Å²) in [5, 5.41) is 34.1. The number of carbonyl (C=O) groups excluding carboxylic acids is 2. The first kappa shape index (κ1) is 31.3. The number of carbonyl (C=O) groups is 2. The molecule has 3 N–H and O–H groups in total. The number of esters is 1. The number of fused-ring (bicyclic) bond motifs is 2. The van der Waals surface area contributed by atoms with Crippen molar-refractivity contribution >= 4 is 11.8 Å². The van der Waals surface area contributed by atoms with Crippen LogP contribution in [0, 0.1) is 23.7 Å². The van der Waals surface area contributed by atoms with Gasteiger partial charge in [0.25, 0.3) is 0 Å². The summed E-state index contributed by atoms with van der Waals surface area (Å²) in [6, 6.07) is 0. The summed E-state index contributed by atoms with van der Waals surface area (Å²) in [4.78, 5) is 26.9. The molecule has 232 valence electrons. The number of ketones is 1. The molecule has 2 bridgehead atoms. The largest absolute Gasteiger partial charge is 0.462 e. The molecule has 0 radical (unpaired) electrons. The Hall–Kier alpha value is -2.14. The fourth-order valence-electron chi connectivity index (χ4n) is 7.30. The van der Waals surface area contributed by atoms with Crippen LogP contribution in [0.5, 0.6) is 0 Å². The number of hydrogen-bond donors (Lipinski definition) is 3. The van der Waals surface area contributed by atoms with Crippen LogP contribution in [0.3, 0.4) is 0 Å². The number of Topliss-reactive ketones (excluding diaryl/α,β-unsaturated/α-hetero) is 1. The van der Waals surface area contributed by atoms with E-state index >= 15 is 0 Å². The second-order valence-corrected chi connectivity index (χ2v) is 13.4. The number of ether oxygens (including phenoxy) is 4. The van der Waals surface area contributed by atoms with Gasteiger partial charge >= 0.3 is 5.97 Å². The highest BCUT2D eigenvalue weighted by molar-refractivity contribution is 6.03. The van der Waals surface area contributed by atoms with Crippen LogP contribution in [0.2, 0.25) is 0 Å². The predicted molar refractivity (Wildman–Crippen MR) is 154 cm³/mol. The van der Waals surface area contributed by atoms with Gasteiger partial charge in [-0.25, -0.2) is 0 Å². The summed E-state index contributed by atoms with van der Waals surface area (Å²) in [5.41, 5.74) is -0.380. The lowest BCUT2D eigenvalue weighted by molar-refractivity contribution is -0.353. The Kier molecular flexibility index (Phi) is 8.75. The van der Waals surface area contributed by atoms with Gasteiger partial charge in [0.1, 0.15) is 17.6 Å². The monoisotopic (exact) mass is 586 g/mol. The van der Waals surface area contributed by atoms with E-state index in [1.165, 1.54) is 6.08 Å². The maximum Gasteiger partial charge on any atom is 0.316 e. The summed E-state index contributed by atoms with van der Waals surface area (Å²) in [6.07, 6.45) is 6.03. The number of aliphatic hydroxyl groups excluding tert-OH is 2. The lowest BCUT2D eigenvalue weighted by atomic mass is 9.71. The van der Waals surface area contributed by atoms with Crippen molar-refractivity contribution in [2.24, 2.45) is 23.7 Å². The lowest BCUT2D eigenvalue weighted by Crippen LogP contribution is -2.59. The third-order valence-corrected chi connectivity index (χ3v) is 9.85. The fraction of sp³-hybridized carbons (Fsp3) is 0.697. The molecule has 11 atom stereocenters. The van der Waals surface area contributed by atoms with Crippen LogP contribution < -0.4 is 0 Å². The van der Waals surface area contributed by atoms with E-state index in [2.05, 4.69) is 0 Å². The zero-order valence-corrected chi connectivity index (χ0v) is 25.5. The van der Waals surface area contributed by atoms with Crippen LogP contribution >= 0.6 is 0 Å². The Morgan fingerprint density at radius 3 is 2.50 bits per heavy atom. The Bertz CT molecular complexity index is 1200. The lowest BCUT2D eigenvalue weighted by Gasteiger charge is -2.52. The molecular formula is C33H46O9. The van der Waals surface area contributed by atoms with E-state index in [0.29, 0.717) is 24.0 Å². The van der Waals surface area contributed by atoms with Crippen LogP contribution in [0.4, 0.5) is 0 Å². The van der Waals surface area contributed by atoms with Crippen LogP contribution in [0.1, 0.15) is 67.2 Å². The summed E-state index contributed by atoms with van der Waals surface area (Å²) in [7, 11) is 0. The first-order valence-corrected chi connectivity index (χ1v) is 15.3. The summed E-state index contributed by atoms with van der Waals surface area (Å²) >= 11 is 0. The molecule has 4 aliphatic heterocycles. The Morgan fingerprint density at radius 2 is 1.79 bits per heavy atom. The van der Waals surface area contributed by atoms with Crippen LogP contribution in [0.25, 0.3) is 0 Å².